The SMILES string of the molecule is CCCCCC(NN)C1C2CCCCC21. The molecule has 0 aliphatic heterocycles. The molecule has 2 aliphatic carbocycles. The fourth-order valence-corrected chi connectivity index (χ4v) is 3.65. The van der Waals surface area contributed by atoms with Gasteiger partial charge in [-0.1, -0.05) is 39.0 Å². The maximum Gasteiger partial charge on any atom is 0.0244 e. The smallest absolute Gasteiger partial charge is 0.0244 e. The summed E-state index contributed by atoms with van der Waals surface area (Å²) in [6.45, 7) is 2.27. The van der Waals surface area contributed by atoms with Gasteiger partial charge in [0.15, 0.2) is 0 Å². The van der Waals surface area contributed by atoms with E-state index in [0.29, 0.717) is 6.04 Å². The Morgan fingerprint density at radius 3 is 2.40 bits per heavy atom. The van der Waals surface area contributed by atoms with E-state index >= 15 is 0 Å². The summed E-state index contributed by atoms with van der Waals surface area (Å²) >= 11 is 0. The third kappa shape index (κ3) is 2.54. The number of unbranched alkanes of at least 4 members (excludes halogenated alkanes) is 2. The van der Waals surface area contributed by atoms with Crippen molar-refractivity contribution in [2.45, 2.75) is 64.3 Å². The minimum Gasteiger partial charge on any atom is -0.271 e. The molecule has 3 atom stereocenters. The van der Waals surface area contributed by atoms with Crippen molar-refractivity contribution >= 4 is 0 Å². The first-order chi connectivity index (χ1) is 7.38. The molecule has 3 N–H and O–H groups in total. The molecule has 2 aliphatic rings. The third-order valence-electron chi connectivity index (χ3n) is 4.52. The van der Waals surface area contributed by atoms with Crippen LogP contribution in [0.2, 0.25) is 0 Å². The van der Waals surface area contributed by atoms with Crippen LogP contribution in [0.3, 0.4) is 0 Å². The summed E-state index contributed by atoms with van der Waals surface area (Å²) < 4.78 is 0. The lowest BCUT2D eigenvalue weighted by molar-refractivity contribution is 0.399. The van der Waals surface area contributed by atoms with Gasteiger partial charge < -0.3 is 0 Å². The van der Waals surface area contributed by atoms with Gasteiger partial charge in [0.2, 0.25) is 0 Å². The minimum absolute atomic E-state index is 0.615. The van der Waals surface area contributed by atoms with Gasteiger partial charge in [0, 0.05) is 6.04 Å². The van der Waals surface area contributed by atoms with Gasteiger partial charge in [0.25, 0.3) is 0 Å². The van der Waals surface area contributed by atoms with Gasteiger partial charge in [0.05, 0.1) is 0 Å². The number of nitrogens with one attached hydrogen (secondary N) is 1. The average Bonchev–Trinajstić information content (AvgIpc) is 2.99. The second-order valence-electron chi connectivity index (χ2n) is 5.46. The zero-order valence-electron chi connectivity index (χ0n) is 10.0. The largest absolute Gasteiger partial charge is 0.271 e. The van der Waals surface area contributed by atoms with E-state index in [-0.39, 0.29) is 0 Å². The standard InChI is InChI=1S/C13H26N2/c1-2-3-4-9-12(15-14)13-10-7-5-6-8-11(10)13/h10-13,15H,2-9,14H2,1H3. The monoisotopic (exact) mass is 210 g/mol. The number of rotatable bonds is 6. The van der Waals surface area contributed by atoms with Gasteiger partial charge >= 0.3 is 0 Å². The van der Waals surface area contributed by atoms with Crippen LogP contribution < -0.4 is 11.3 Å². The minimum atomic E-state index is 0.615. The number of hydrogen-bond acceptors (Lipinski definition) is 2. The van der Waals surface area contributed by atoms with Gasteiger partial charge in [-0.3, -0.25) is 11.3 Å². The molecule has 2 rings (SSSR count). The lowest BCUT2D eigenvalue weighted by Gasteiger charge is -2.15. The summed E-state index contributed by atoms with van der Waals surface area (Å²) in [5.74, 6) is 8.68. The molecule has 0 spiro atoms. The topological polar surface area (TPSA) is 38.0 Å². The molecule has 2 saturated carbocycles. The molecule has 0 aromatic heterocycles. The Labute approximate surface area is 94.0 Å². The molecule has 0 saturated heterocycles. The maximum atomic E-state index is 5.70. The molecule has 88 valence electrons. The quantitative estimate of drug-likeness (QED) is 0.402. The Morgan fingerprint density at radius 1 is 1.20 bits per heavy atom. The normalized spacial score (nSPS) is 36.0. The first-order valence-electron chi connectivity index (χ1n) is 6.84. The molecule has 3 unspecified atom stereocenters. The van der Waals surface area contributed by atoms with Crippen LogP contribution in [0.4, 0.5) is 0 Å². The number of hydrazine groups is 1. The van der Waals surface area contributed by atoms with Crippen molar-refractivity contribution in [2.24, 2.45) is 23.6 Å². The van der Waals surface area contributed by atoms with Crippen LogP contribution >= 0.6 is 0 Å². The van der Waals surface area contributed by atoms with Crippen molar-refractivity contribution in [2.75, 3.05) is 0 Å². The third-order valence-corrected chi connectivity index (χ3v) is 4.52. The first-order valence-corrected chi connectivity index (χ1v) is 6.84. The van der Waals surface area contributed by atoms with Crippen LogP contribution in [0.1, 0.15) is 58.3 Å². The molecule has 0 amide bonds. The van der Waals surface area contributed by atoms with E-state index in [1.54, 1.807) is 0 Å². The molecule has 2 fully saturated rings. The van der Waals surface area contributed by atoms with Crippen molar-refractivity contribution < 1.29 is 0 Å². The maximum absolute atomic E-state index is 5.70. The summed E-state index contributed by atoms with van der Waals surface area (Å²) in [5.41, 5.74) is 3.08. The Kier molecular flexibility index (Phi) is 4.04. The summed E-state index contributed by atoms with van der Waals surface area (Å²) in [6, 6.07) is 0.615. The first kappa shape index (κ1) is 11.4. The lowest BCUT2D eigenvalue weighted by atomic mass is 10.0. The van der Waals surface area contributed by atoms with Crippen molar-refractivity contribution in [1.29, 1.82) is 0 Å². The van der Waals surface area contributed by atoms with Crippen molar-refractivity contribution in [3.63, 3.8) is 0 Å². The zero-order valence-corrected chi connectivity index (χ0v) is 10.0. The number of hydrogen-bond donors (Lipinski definition) is 2. The summed E-state index contributed by atoms with van der Waals surface area (Å²) in [7, 11) is 0. The highest BCUT2D eigenvalue weighted by Gasteiger charge is 2.53. The van der Waals surface area contributed by atoms with Crippen molar-refractivity contribution in [1.82, 2.24) is 5.43 Å². The second kappa shape index (κ2) is 5.31. The van der Waals surface area contributed by atoms with Crippen molar-refractivity contribution in [3.8, 4) is 0 Å². The Bertz CT molecular complexity index is 181. The molecule has 2 heteroatoms. The molecule has 0 bridgehead atoms. The molecule has 0 aromatic carbocycles. The summed E-state index contributed by atoms with van der Waals surface area (Å²) in [5, 5.41) is 0. The Morgan fingerprint density at radius 2 is 1.87 bits per heavy atom. The van der Waals surface area contributed by atoms with Gasteiger partial charge in [-0.15, -0.1) is 0 Å². The zero-order chi connectivity index (χ0) is 10.7. The van der Waals surface area contributed by atoms with Crippen molar-refractivity contribution in [3.05, 3.63) is 0 Å². The summed E-state index contributed by atoms with van der Waals surface area (Å²) in [6.07, 6.45) is 11.2. The number of nitrogens with two attached hydrogens (primary N) is 1. The van der Waals surface area contributed by atoms with E-state index in [0.717, 1.165) is 17.8 Å². The van der Waals surface area contributed by atoms with Crippen LogP contribution in [0.15, 0.2) is 0 Å². The predicted molar refractivity (Wildman–Crippen MR) is 64.2 cm³/mol. The van der Waals surface area contributed by atoms with Crippen LogP contribution in [-0.4, -0.2) is 6.04 Å². The molecule has 15 heavy (non-hydrogen) atoms. The lowest BCUT2D eigenvalue weighted by Crippen LogP contribution is -2.37. The fourth-order valence-electron chi connectivity index (χ4n) is 3.65. The molecular weight excluding hydrogens is 184 g/mol. The molecule has 2 nitrogen and oxygen atoms in total. The van der Waals surface area contributed by atoms with E-state index in [4.69, 9.17) is 5.84 Å². The molecule has 0 heterocycles. The summed E-state index contributed by atoms with van der Waals surface area (Å²) in [4.78, 5) is 0. The van der Waals surface area contributed by atoms with E-state index in [9.17, 15) is 0 Å². The average molecular weight is 210 g/mol. The van der Waals surface area contributed by atoms with E-state index in [1.165, 1.54) is 51.4 Å². The molecular formula is C13H26N2. The highest BCUT2D eigenvalue weighted by molar-refractivity contribution is 5.03. The predicted octanol–water partition coefficient (Wildman–Crippen LogP) is 2.83. The van der Waals surface area contributed by atoms with E-state index in [1.807, 2.05) is 0 Å². The van der Waals surface area contributed by atoms with Gasteiger partial charge in [-0.25, -0.2) is 0 Å². The van der Waals surface area contributed by atoms with E-state index in [2.05, 4.69) is 12.3 Å². The second-order valence-corrected chi connectivity index (χ2v) is 5.46. The molecule has 0 aromatic rings. The highest BCUT2D eigenvalue weighted by atomic mass is 15.2. The molecule has 0 radical (unpaired) electrons. The number of fused-ring (bicyclic) bond motifs is 1. The van der Waals surface area contributed by atoms with Gasteiger partial charge in [-0.2, -0.15) is 0 Å². The van der Waals surface area contributed by atoms with Gasteiger partial charge in [0.1, 0.15) is 0 Å². The van der Waals surface area contributed by atoms with Crippen LogP contribution in [0.5, 0.6) is 0 Å². The Balaban J connectivity index is 1.75. The van der Waals surface area contributed by atoms with Gasteiger partial charge in [-0.05, 0) is 37.0 Å². The Hall–Kier alpha value is -0.0800. The van der Waals surface area contributed by atoms with Crippen LogP contribution in [0.25, 0.3) is 0 Å². The highest BCUT2D eigenvalue weighted by Crippen LogP contribution is 2.57. The van der Waals surface area contributed by atoms with Crippen LogP contribution in [-0.2, 0) is 0 Å². The van der Waals surface area contributed by atoms with Crippen LogP contribution in [0, 0.1) is 17.8 Å². The fraction of sp³-hybridized carbons (Fsp3) is 1.00. The van der Waals surface area contributed by atoms with E-state index < -0.39 is 0 Å².